The van der Waals surface area contributed by atoms with E-state index in [-0.39, 0.29) is 5.41 Å². The van der Waals surface area contributed by atoms with Gasteiger partial charge < -0.3 is 4.42 Å². The van der Waals surface area contributed by atoms with Gasteiger partial charge in [-0.1, -0.05) is 31.6 Å². The summed E-state index contributed by atoms with van der Waals surface area (Å²) in [4.78, 5) is 12.6. The third-order valence-corrected chi connectivity index (χ3v) is 5.78. The van der Waals surface area contributed by atoms with Crippen molar-refractivity contribution >= 4 is 5.78 Å². The van der Waals surface area contributed by atoms with Crippen molar-refractivity contribution in [3.05, 3.63) is 47.0 Å². The third-order valence-electron chi connectivity index (χ3n) is 5.78. The van der Waals surface area contributed by atoms with Crippen LogP contribution in [0, 0.1) is 24.2 Å². The maximum atomic E-state index is 12.6. The molecular formula is C20H26O2. The second-order valence-corrected chi connectivity index (χ2v) is 7.40. The quantitative estimate of drug-likeness (QED) is 0.643. The van der Waals surface area contributed by atoms with E-state index in [1.54, 1.807) is 0 Å². The van der Waals surface area contributed by atoms with E-state index in [9.17, 15) is 4.79 Å². The van der Waals surface area contributed by atoms with E-state index < -0.39 is 0 Å². The molecule has 0 radical (unpaired) electrons. The van der Waals surface area contributed by atoms with E-state index in [1.165, 1.54) is 16.7 Å². The molecule has 0 saturated heterocycles. The van der Waals surface area contributed by atoms with Crippen LogP contribution in [0.5, 0.6) is 0 Å². The average Bonchev–Trinajstić information content (AvgIpc) is 2.80. The van der Waals surface area contributed by atoms with Crippen LogP contribution in [-0.2, 0) is 17.6 Å². The Labute approximate surface area is 133 Å². The number of furan rings is 1. The van der Waals surface area contributed by atoms with Crippen LogP contribution in [0.2, 0.25) is 0 Å². The second kappa shape index (κ2) is 5.57. The zero-order valence-electron chi connectivity index (χ0n) is 14.1. The minimum Gasteiger partial charge on any atom is -0.468 e. The van der Waals surface area contributed by atoms with Gasteiger partial charge in [-0.3, -0.25) is 4.79 Å². The van der Waals surface area contributed by atoms with E-state index >= 15 is 0 Å². The van der Waals surface area contributed by atoms with Crippen molar-refractivity contribution in [2.75, 3.05) is 0 Å². The lowest BCUT2D eigenvalue weighted by molar-refractivity contribution is -0.128. The molecule has 0 bridgehead atoms. The SMILES string of the molecule is C/C1=C\CC[C@@]2(C)C(=O)C=C[C@@H](C)[C@@H]2Cc2c(C)coc2C1. The number of hydrogen-bond donors (Lipinski definition) is 0. The average molecular weight is 298 g/mol. The first-order chi connectivity index (χ1) is 10.4. The Balaban J connectivity index is 2.09. The van der Waals surface area contributed by atoms with E-state index in [0.29, 0.717) is 17.6 Å². The van der Waals surface area contributed by atoms with Crippen LogP contribution in [0.15, 0.2) is 34.5 Å². The number of hydrogen-bond acceptors (Lipinski definition) is 2. The van der Waals surface area contributed by atoms with Gasteiger partial charge in [0.15, 0.2) is 5.78 Å². The lowest BCUT2D eigenvalue weighted by atomic mass is 9.61. The summed E-state index contributed by atoms with van der Waals surface area (Å²) >= 11 is 0. The molecule has 1 heterocycles. The van der Waals surface area contributed by atoms with Crippen molar-refractivity contribution in [2.45, 2.75) is 53.4 Å². The molecule has 118 valence electrons. The molecule has 22 heavy (non-hydrogen) atoms. The number of aryl methyl sites for hydroxylation is 1. The molecule has 0 unspecified atom stereocenters. The van der Waals surface area contributed by atoms with E-state index in [4.69, 9.17) is 4.42 Å². The minimum absolute atomic E-state index is 0.261. The maximum absolute atomic E-state index is 12.6. The Hall–Kier alpha value is -1.57. The zero-order valence-corrected chi connectivity index (χ0v) is 14.1. The summed E-state index contributed by atoms with van der Waals surface area (Å²) in [5, 5.41) is 0. The topological polar surface area (TPSA) is 30.2 Å². The number of ketones is 1. The van der Waals surface area contributed by atoms with Crippen molar-refractivity contribution in [3.8, 4) is 0 Å². The van der Waals surface area contributed by atoms with Gasteiger partial charge in [0.2, 0.25) is 0 Å². The Morgan fingerprint density at radius 3 is 2.86 bits per heavy atom. The van der Waals surface area contributed by atoms with Gasteiger partial charge in [-0.2, -0.15) is 0 Å². The summed E-state index contributed by atoms with van der Waals surface area (Å²) in [7, 11) is 0. The fourth-order valence-corrected chi connectivity index (χ4v) is 4.15. The molecule has 0 N–H and O–H groups in total. The predicted octanol–water partition coefficient (Wildman–Crippen LogP) is 4.81. The largest absolute Gasteiger partial charge is 0.468 e. The smallest absolute Gasteiger partial charge is 0.161 e. The lowest BCUT2D eigenvalue weighted by Gasteiger charge is -2.41. The fraction of sp³-hybridized carbons (Fsp3) is 0.550. The van der Waals surface area contributed by atoms with Crippen molar-refractivity contribution < 1.29 is 9.21 Å². The van der Waals surface area contributed by atoms with Crippen molar-refractivity contribution in [3.63, 3.8) is 0 Å². The molecule has 2 aliphatic carbocycles. The maximum Gasteiger partial charge on any atom is 0.161 e. The first-order valence-electron chi connectivity index (χ1n) is 8.36. The van der Waals surface area contributed by atoms with E-state index in [2.05, 4.69) is 39.8 Å². The number of carbonyl (C=O) groups excluding carboxylic acids is 1. The van der Waals surface area contributed by atoms with Gasteiger partial charge in [0.1, 0.15) is 5.76 Å². The van der Waals surface area contributed by atoms with Crippen LogP contribution in [-0.4, -0.2) is 5.78 Å². The second-order valence-electron chi connectivity index (χ2n) is 7.40. The third kappa shape index (κ3) is 2.49. The summed E-state index contributed by atoms with van der Waals surface area (Å²) in [5.41, 5.74) is 3.62. The van der Waals surface area contributed by atoms with E-state index in [1.807, 2.05) is 12.3 Å². The Morgan fingerprint density at radius 1 is 1.32 bits per heavy atom. The van der Waals surface area contributed by atoms with Gasteiger partial charge in [0, 0.05) is 11.8 Å². The van der Waals surface area contributed by atoms with Crippen molar-refractivity contribution in [1.29, 1.82) is 0 Å². The van der Waals surface area contributed by atoms with Gasteiger partial charge in [0.25, 0.3) is 0 Å². The minimum atomic E-state index is -0.261. The van der Waals surface area contributed by atoms with Crippen LogP contribution in [0.25, 0.3) is 0 Å². The van der Waals surface area contributed by atoms with Crippen LogP contribution in [0.1, 0.15) is 50.5 Å². The highest BCUT2D eigenvalue weighted by atomic mass is 16.3. The monoisotopic (exact) mass is 298 g/mol. The number of carbonyl (C=O) groups is 1. The first kappa shape index (κ1) is 15.3. The predicted molar refractivity (Wildman–Crippen MR) is 88.8 cm³/mol. The molecule has 3 atom stereocenters. The Bertz CT molecular complexity index is 647. The van der Waals surface area contributed by atoms with Gasteiger partial charge >= 0.3 is 0 Å². The number of allylic oxidation sites excluding steroid dienone is 4. The molecular weight excluding hydrogens is 272 g/mol. The summed E-state index contributed by atoms with van der Waals surface area (Å²) in [6, 6.07) is 0. The van der Waals surface area contributed by atoms with Crippen LogP contribution in [0.3, 0.4) is 0 Å². The lowest BCUT2D eigenvalue weighted by Crippen LogP contribution is -2.42. The van der Waals surface area contributed by atoms with Crippen LogP contribution < -0.4 is 0 Å². The van der Waals surface area contributed by atoms with Crippen LogP contribution >= 0.6 is 0 Å². The number of rotatable bonds is 0. The highest BCUT2D eigenvalue weighted by Crippen LogP contribution is 2.45. The molecule has 3 rings (SSSR count). The normalized spacial score (nSPS) is 34.5. The Morgan fingerprint density at radius 2 is 2.09 bits per heavy atom. The summed E-state index contributed by atoms with van der Waals surface area (Å²) in [5.74, 6) is 2.16. The van der Waals surface area contributed by atoms with Gasteiger partial charge in [-0.05, 0) is 62.1 Å². The van der Waals surface area contributed by atoms with Gasteiger partial charge in [-0.15, -0.1) is 0 Å². The van der Waals surface area contributed by atoms with Gasteiger partial charge in [0.05, 0.1) is 6.26 Å². The summed E-state index contributed by atoms with van der Waals surface area (Å²) in [6.45, 7) is 8.69. The standard InChI is InChI=1S/C20H26O2/c1-13-6-5-9-20(4)17(14(2)7-8-19(20)21)11-16-15(3)12-22-18(16)10-13/h6-8,12,14,17H,5,9-11H2,1-4H3/b13-6+/t14-,17+,20-/m1/s1. The molecule has 0 aliphatic heterocycles. The molecule has 2 heteroatoms. The first-order valence-corrected chi connectivity index (χ1v) is 8.36. The molecule has 0 fully saturated rings. The van der Waals surface area contributed by atoms with Crippen LogP contribution in [0.4, 0.5) is 0 Å². The summed E-state index contributed by atoms with van der Waals surface area (Å²) < 4.78 is 5.82. The summed E-state index contributed by atoms with van der Waals surface area (Å²) in [6.07, 6.45) is 11.8. The molecule has 1 aromatic rings. The van der Waals surface area contributed by atoms with E-state index in [0.717, 1.165) is 31.4 Å². The molecule has 2 nitrogen and oxygen atoms in total. The fourth-order valence-electron chi connectivity index (χ4n) is 4.15. The molecule has 0 aromatic carbocycles. The van der Waals surface area contributed by atoms with Crippen molar-refractivity contribution in [2.24, 2.45) is 17.3 Å². The highest BCUT2D eigenvalue weighted by Gasteiger charge is 2.44. The highest BCUT2D eigenvalue weighted by molar-refractivity contribution is 5.95. The Kier molecular flexibility index (Phi) is 3.88. The van der Waals surface area contributed by atoms with Gasteiger partial charge in [-0.25, -0.2) is 0 Å². The zero-order chi connectivity index (χ0) is 15.9. The molecule has 0 saturated carbocycles. The molecule has 0 amide bonds. The molecule has 2 aliphatic rings. The number of fused-ring (bicyclic) bond motifs is 2. The molecule has 1 aromatic heterocycles. The van der Waals surface area contributed by atoms with Crippen molar-refractivity contribution in [1.82, 2.24) is 0 Å². The molecule has 0 spiro atoms.